The molecule has 0 aliphatic heterocycles. The molecule has 0 fully saturated rings. The smallest absolute Gasteiger partial charge is 0.356 e. The number of pyridine rings is 1. The zero-order valence-corrected chi connectivity index (χ0v) is 12.0. The van der Waals surface area contributed by atoms with Crippen molar-refractivity contribution in [2.45, 2.75) is 6.43 Å². The number of nitrogens with zero attached hydrogens (tertiary/aromatic N) is 1. The molecule has 2 aromatic rings. The van der Waals surface area contributed by atoms with Crippen molar-refractivity contribution in [3.63, 3.8) is 0 Å². The molecule has 1 heterocycles. The molecule has 7 heteroatoms. The topological polar surface area (TPSA) is 48.4 Å². The predicted octanol–water partition coefficient (Wildman–Crippen LogP) is 3.43. The lowest BCUT2D eigenvalue weighted by atomic mass is 10.2. The summed E-state index contributed by atoms with van der Waals surface area (Å²) in [5.74, 6) is -0.492. The van der Waals surface area contributed by atoms with Crippen LogP contribution in [-0.4, -0.2) is 31.1 Å². The maximum atomic E-state index is 12.3. The number of hydrogen-bond acceptors (Lipinski definition) is 4. The van der Waals surface area contributed by atoms with Crippen LogP contribution in [0.1, 0.15) is 10.5 Å². The van der Waals surface area contributed by atoms with Crippen LogP contribution in [0, 0.1) is 0 Å². The Balaban J connectivity index is 2.54. The summed E-state index contributed by atoms with van der Waals surface area (Å²) >= 11 is 3.28. The highest BCUT2D eigenvalue weighted by atomic mass is 79.9. The van der Waals surface area contributed by atoms with Crippen molar-refractivity contribution < 1.29 is 23.0 Å². The summed E-state index contributed by atoms with van der Waals surface area (Å²) in [6, 6.07) is 6.36. The fourth-order valence-corrected chi connectivity index (χ4v) is 2.01. The van der Waals surface area contributed by atoms with E-state index in [-0.39, 0.29) is 11.4 Å². The Labute approximate surface area is 121 Å². The van der Waals surface area contributed by atoms with Crippen molar-refractivity contribution in [2.24, 2.45) is 0 Å². The lowest BCUT2D eigenvalue weighted by Gasteiger charge is -2.10. The van der Waals surface area contributed by atoms with Crippen LogP contribution in [0.4, 0.5) is 8.78 Å². The van der Waals surface area contributed by atoms with Gasteiger partial charge in [-0.3, -0.25) is 0 Å². The fraction of sp³-hybridized carbons (Fsp3) is 0.231. The maximum Gasteiger partial charge on any atom is 0.356 e. The van der Waals surface area contributed by atoms with Crippen LogP contribution in [0.3, 0.4) is 0 Å². The summed E-state index contributed by atoms with van der Waals surface area (Å²) in [5, 5.41) is 0.535. The van der Waals surface area contributed by atoms with E-state index in [1.165, 1.54) is 13.2 Å². The molecular weight excluding hydrogens is 336 g/mol. The van der Waals surface area contributed by atoms with Crippen LogP contribution in [-0.2, 0) is 4.74 Å². The van der Waals surface area contributed by atoms with Crippen LogP contribution in [0.2, 0.25) is 0 Å². The lowest BCUT2D eigenvalue weighted by molar-refractivity contribution is 0.0593. The number of carbonyl (C=O) groups excluding carboxylic acids is 1. The molecule has 2 rings (SSSR count). The van der Waals surface area contributed by atoms with Crippen LogP contribution >= 0.6 is 15.9 Å². The van der Waals surface area contributed by atoms with E-state index in [1.807, 2.05) is 0 Å². The second-order valence-electron chi connectivity index (χ2n) is 3.86. The van der Waals surface area contributed by atoms with E-state index in [9.17, 15) is 13.6 Å². The Morgan fingerprint density at radius 3 is 2.80 bits per heavy atom. The fourth-order valence-electron chi connectivity index (χ4n) is 1.65. The van der Waals surface area contributed by atoms with E-state index in [1.54, 1.807) is 18.2 Å². The summed E-state index contributed by atoms with van der Waals surface area (Å²) < 4.78 is 34.9. The van der Waals surface area contributed by atoms with Crippen LogP contribution in [0.15, 0.2) is 28.7 Å². The van der Waals surface area contributed by atoms with Gasteiger partial charge in [-0.15, -0.1) is 0 Å². The molecule has 0 unspecified atom stereocenters. The minimum absolute atomic E-state index is 0.00610. The second kappa shape index (κ2) is 6.13. The molecule has 0 amide bonds. The number of halogens is 3. The second-order valence-corrected chi connectivity index (χ2v) is 4.78. The molecule has 106 valence electrons. The third-order valence-electron chi connectivity index (χ3n) is 2.49. The molecular formula is C13H10BrF2NO3. The maximum absolute atomic E-state index is 12.3. The average Bonchev–Trinajstić information content (AvgIpc) is 2.43. The Morgan fingerprint density at radius 2 is 2.15 bits per heavy atom. The zero-order chi connectivity index (χ0) is 14.7. The molecule has 4 nitrogen and oxygen atoms in total. The van der Waals surface area contributed by atoms with Gasteiger partial charge in [0.2, 0.25) is 0 Å². The van der Waals surface area contributed by atoms with E-state index in [2.05, 4.69) is 25.7 Å². The van der Waals surface area contributed by atoms with Gasteiger partial charge in [0.05, 0.1) is 12.6 Å². The van der Waals surface area contributed by atoms with E-state index in [0.29, 0.717) is 10.9 Å². The number of aromatic nitrogens is 1. The number of ether oxygens (including phenoxy) is 2. The summed E-state index contributed by atoms with van der Waals surface area (Å²) in [6.07, 6.45) is -2.60. The number of rotatable bonds is 4. The van der Waals surface area contributed by atoms with Gasteiger partial charge in [-0.25, -0.2) is 18.6 Å². The zero-order valence-electron chi connectivity index (χ0n) is 10.4. The molecule has 0 aliphatic rings. The van der Waals surface area contributed by atoms with E-state index < -0.39 is 19.0 Å². The molecule has 0 saturated carbocycles. The number of hydrogen-bond donors (Lipinski definition) is 0. The van der Waals surface area contributed by atoms with Gasteiger partial charge in [0.1, 0.15) is 12.4 Å². The lowest BCUT2D eigenvalue weighted by Crippen LogP contribution is -2.10. The van der Waals surface area contributed by atoms with Crippen molar-refractivity contribution in [3.8, 4) is 5.75 Å². The molecule has 0 aliphatic carbocycles. The van der Waals surface area contributed by atoms with Crippen molar-refractivity contribution in [3.05, 3.63) is 34.4 Å². The van der Waals surface area contributed by atoms with Crippen molar-refractivity contribution in [2.75, 3.05) is 13.7 Å². The first kappa shape index (κ1) is 14.6. The molecule has 0 N–H and O–H groups in total. The minimum Gasteiger partial charge on any atom is -0.487 e. The van der Waals surface area contributed by atoms with Gasteiger partial charge >= 0.3 is 5.97 Å². The largest absolute Gasteiger partial charge is 0.487 e. The highest BCUT2D eigenvalue weighted by Gasteiger charge is 2.15. The molecule has 1 aromatic carbocycles. The monoisotopic (exact) mass is 345 g/mol. The normalized spacial score (nSPS) is 10.8. The van der Waals surface area contributed by atoms with E-state index in [4.69, 9.17) is 4.74 Å². The van der Waals surface area contributed by atoms with Gasteiger partial charge in [-0.2, -0.15) is 0 Å². The van der Waals surface area contributed by atoms with Gasteiger partial charge in [0, 0.05) is 15.9 Å². The van der Waals surface area contributed by atoms with Crippen molar-refractivity contribution >= 4 is 32.8 Å². The molecule has 0 spiro atoms. The van der Waals surface area contributed by atoms with Gasteiger partial charge in [-0.1, -0.05) is 15.9 Å². The Morgan fingerprint density at radius 1 is 1.40 bits per heavy atom. The quantitative estimate of drug-likeness (QED) is 0.796. The first-order valence-corrected chi connectivity index (χ1v) is 6.40. The number of methoxy groups -OCH3 is 1. The highest BCUT2D eigenvalue weighted by Crippen LogP contribution is 2.29. The SMILES string of the molecule is COC(=O)c1cc(OCC(F)F)c2cc(Br)ccc2n1. The van der Waals surface area contributed by atoms with E-state index in [0.717, 1.165) is 4.47 Å². The van der Waals surface area contributed by atoms with Gasteiger partial charge in [-0.05, 0) is 18.2 Å². The number of benzene rings is 1. The number of alkyl halides is 2. The third-order valence-corrected chi connectivity index (χ3v) is 2.99. The van der Waals surface area contributed by atoms with E-state index >= 15 is 0 Å². The summed E-state index contributed by atoms with van der Waals surface area (Å²) in [7, 11) is 1.22. The van der Waals surface area contributed by atoms with Gasteiger partial charge < -0.3 is 9.47 Å². The van der Waals surface area contributed by atoms with Gasteiger partial charge in [0.25, 0.3) is 6.43 Å². The molecule has 1 aromatic heterocycles. The van der Waals surface area contributed by atoms with Crippen LogP contribution in [0.25, 0.3) is 10.9 Å². The van der Waals surface area contributed by atoms with Crippen LogP contribution < -0.4 is 4.74 Å². The number of carbonyl (C=O) groups is 1. The number of esters is 1. The predicted molar refractivity (Wildman–Crippen MR) is 72.3 cm³/mol. The molecule has 0 atom stereocenters. The summed E-state index contributed by atoms with van der Waals surface area (Å²) in [5.41, 5.74) is 0.465. The standard InChI is InChI=1S/C13H10BrF2NO3/c1-19-13(18)10-5-11(20-6-12(15)16)8-4-7(14)2-3-9(8)17-10/h2-5,12H,6H2,1H3. The third kappa shape index (κ3) is 3.22. The first-order chi connectivity index (χ1) is 9.51. The van der Waals surface area contributed by atoms with Gasteiger partial charge in [0.15, 0.2) is 5.69 Å². The Kier molecular flexibility index (Phi) is 4.49. The molecule has 0 saturated heterocycles. The van der Waals surface area contributed by atoms with Crippen molar-refractivity contribution in [1.29, 1.82) is 0 Å². The first-order valence-electron chi connectivity index (χ1n) is 5.61. The molecule has 0 radical (unpaired) electrons. The Bertz CT molecular complexity index is 649. The molecule has 20 heavy (non-hydrogen) atoms. The van der Waals surface area contributed by atoms with Crippen LogP contribution in [0.5, 0.6) is 5.75 Å². The average molecular weight is 346 g/mol. The highest BCUT2D eigenvalue weighted by molar-refractivity contribution is 9.10. The number of fused-ring (bicyclic) bond motifs is 1. The van der Waals surface area contributed by atoms with Crippen molar-refractivity contribution in [1.82, 2.24) is 4.98 Å². The minimum atomic E-state index is -2.60. The molecule has 0 bridgehead atoms. The Hall–Kier alpha value is -1.76. The summed E-state index contributed by atoms with van der Waals surface area (Å²) in [4.78, 5) is 15.6. The summed E-state index contributed by atoms with van der Waals surface area (Å²) in [6.45, 7) is -0.758.